The van der Waals surface area contributed by atoms with Gasteiger partial charge in [0.05, 0.1) is 25.9 Å². The summed E-state index contributed by atoms with van der Waals surface area (Å²) >= 11 is 0. The van der Waals surface area contributed by atoms with Crippen LogP contribution < -0.4 is 10.6 Å². The summed E-state index contributed by atoms with van der Waals surface area (Å²) < 4.78 is 0. The van der Waals surface area contributed by atoms with Crippen LogP contribution in [-0.2, 0) is 24.0 Å². The van der Waals surface area contributed by atoms with Gasteiger partial charge in [0.2, 0.25) is 17.7 Å². The first kappa shape index (κ1) is 34.0. The molecule has 13 nitrogen and oxygen atoms in total. The number of rotatable bonds is 20. The van der Waals surface area contributed by atoms with Crippen LogP contribution in [0.25, 0.3) is 0 Å². The normalized spacial score (nSPS) is 12.6. The van der Waals surface area contributed by atoms with Crippen LogP contribution in [0.1, 0.15) is 78.1 Å². The molecule has 0 aromatic rings. The third kappa shape index (κ3) is 16.4. The summed E-state index contributed by atoms with van der Waals surface area (Å²) in [7, 11) is 0. The number of unbranched alkanes of at least 4 members (excludes halogenated alkanes) is 5. The van der Waals surface area contributed by atoms with Crippen LogP contribution in [0.5, 0.6) is 0 Å². The standard InChI is InChI=1S/C24H42N4O9/c1-3-4-5-6-7-8-9-12-22(32)28(37)16-11-14-26-21(31)18-24(35,23(33)34)17-20(30)25-13-10-15-27(36)19(2)29/h9,12,35-37H,3-8,10-11,13-18H2,1-2H3,(H,25,30)(H,26,31)(H,33,34)/b12-9+/t24-/m1/s1. The quantitative estimate of drug-likeness (QED) is 0.0575. The zero-order chi connectivity index (χ0) is 28.3. The number of carboxylic acid groups (broad SMARTS) is 1. The molecule has 1 atom stereocenters. The van der Waals surface area contributed by atoms with E-state index < -0.39 is 48.0 Å². The number of carboxylic acids is 1. The van der Waals surface area contributed by atoms with Crippen molar-refractivity contribution in [1.82, 2.24) is 20.8 Å². The molecule has 4 amide bonds. The molecule has 0 radical (unpaired) electrons. The van der Waals surface area contributed by atoms with Gasteiger partial charge in [-0.15, -0.1) is 0 Å². The van der Waals surface area contributed by atoms with Gasteiger partial charge in [-0.3, -0.25) is 29.6 Å². The molecule has 0 aromatic carbocycles. The van der Waals surface area contributed by atoms with Crippen molar-refractivity contribution >= 4 is 29.6 Å². The first-order chi connectivity index (χ1) is 17.4. The molecule has 37 heavy (non-hydrogen) atoms. The highest BCUT2D eigenvalue weighted by molar-refractivity contribution is 5.91. The Morgan fingerprint density at radius 2 is 1.32 bits per heavy atom. The Morgan fingerprint density at radius 3 is 1.81 bits per heavy atom. The zero-order valence-electron chi connectivity index (χ0n) is 21.8. The number of nitrogens with zero attached hydrogens (tertiary/aromatic N) is 2. The monoisotopic (exact) mass is 530 g/mol. The second kappa shape index (κ2) is 19.1. The van der Waals surface area contributed by atoms with Gasteiger partial charge < -0.3 is 20.8 Å². The summed E-state index contributed by atoms with van der Waals surface area (Å²) in [6, 6.07) is 0. The molecule has 0 heterocycles. The first-order valence-electron chi connectivity index (χ1n) is 12.6. The minimum absolute atomic E-state index is 0.0000200. The zero-order valence-corrected chi connectivity index (χ0v) is 21.8. The number of hydrogen-bond acceptors (Lipinski definition) is 8. The van der Waals surface area contributed by atoms with Crippen molar-refractivity contribution < 1.29 is 44.6 Å². The maximum atomic E-state index is 12.1. The molecule has 0 saturated carbocycles. The summed E-state index contributed by atoms with van der Waals surface area (Å²) in [6.45, 7) is 3.18. The average Bonchev–Trinajstić information content (AvgIpc) is 2.83. The number of aliphatic hydroxyl groups is 1. The maximum Gasteiger partial charge on any atom is 0.336 e. The molecule has 0 rings (SSSR count). The highest BCUT2D eigenvalue weighted by Crippen LogP contribution is 2.16. The fourth-order valence-electron chi connectivity index (χ4n) is 3.19. The van der Waals surface area contributed by atoms with Gasteiger partial charge in [-0.1, -0.05) is 38.7 Å². The summed E-state index contributed by atoms with van der Waals surface area (Å²) in [5.41, 5.74) is -2.64. The highest BCUT2D eigenvalue weighted by Gasteiger charge is 2.40. The fourth-order valence-corrected chi connectivity index (χ4v) is 3.19. The van der Waals surface area contributed by atoms with Crippen molar-refractivity contribution in [3.05, 3.63) is 12.2 Å². The van der Waals surface area contributed by atoms with Crippen LogP contribution in [0.4, 0.5) is 0 Å². The summed E-state index contributed by atoms with van der Waals surface area (Å²) in [6.07, 6.45) is 7.88. The largest absolute Gasteiger partial charge is 0.479 e. The van der Waals surface area contributed by atoms with Gasteiger partial charge in [-0.05, 0) is 25.7 Å². The van der Waals surface area contributed by atoms with Gasteiger partial charge in [0.1, 0.15) is 0 Å². The van der Waals surface area contributed by atoms with Gasteiger partial charge in [-0.2, -0.15) is 0 Å². The van der Waals surface area contributed by atoms with Crippen molar-refractivity contribution in [2.45, 2.75) is 83.7 Å². The third-order valence-electron chi connectivity index (χ3n) is 5.39. The molecule has 0 aliphatic carbocycles. The van der Waals surface area contributed by atoms with Gasteiger partial charge in [-0.25, -0.2) is 14.9 Å². The Morgan fingerprint density at radius 1 is 0.811 bits per heavy atom. The van der Waals surface area contributed by atoms with Gasteiger partial charge >= 0.3 is 5.97 Å². The molecule has 6 N–H and O–H groups in total. The number of carbonyl (C=O) groups is 5. The van der Waals surface area contributed by atoms with E-state index >= 15 is 0 Å². The van der Waals surface area contributed by atoms with Crippen LogP contribution in [0.3, 0.4) is 0 Å². The molecule has 0 fully saturated rings. The minimum Gasteiger partial charge on any atom is -0.479 e. The molecule has 0 saturated heterocycles. The molecular formula is C24H42N4O9. The number of allylic oxidation sites excluding steroid dienone is 1. The Labute approximate surface area is 217 Å². The molecular weight excluding hydrogens is 488 g/mol. The number of nitrogens with one attached hydrogen (secondary N) is 2. The first-order valence-corrected chi connectivity index (χ1v) is 12.6. The van der Waals surface area contributed by atoms with Crippen LogP contribution in [0.2, 0.25) is 0 Å². The van der Waals surface area contributed by atoms with Gasteiger partial charge in [0, 0.05) is 26.1 Å². The number of aliphatic carboxylic acids is 1. The Kier molecular flexibility index (Phi) is 17.6. The topological polar surface area (TPSA) is 197 Å². The molecule has 0 spiro atoms. The van der Waals surface area contributed by atoms with Crippen LogP contribution in [-0.4, -0.2) is 92.1 Å². The SMILES string of the molecule is CCCCCCC/C=C/C(=O)N(O)CCCNC(=O)C[C@](O)(CC(=O)NCCCN(O)C(C)=O)C(=O)O. The van der Waals surface area contributed by atoms with E-state index in [-0.39, 0.29) is 39.0 Å². The lowest BCUT2D eigenvalue weighted by Crippen LogP contribution is -2.47. The average molecular weight is 531 g/mol. The van der Waals surface area contributed by atoms with E-state index in [4.69, 9.17) is 0 Å². The summed E-state index contributed by atoms with van der Waals surface area (Å²) in [4.78, 5) is 58.3. The van der Waals surface area contributed by atoms with Crippen molar-refractivity contribution in [1.29, 1.82) is 0 Å². The van der Waals surface area contributed by atoms with E-state index in [9.17, 15) is 44.6 Å². The molecule has 0 bridgehead atoms. The van der Waals surface area contributed by atoms with E-state index in [1.54, 1.807) is 6.08 Å². The van der Waals surface area contributed by atoms with E-state index in [1.807, 2.05) is 0 Å². The molecule has 0 aliphatic rings. The predicted octanol–water partition coefficient (Wildman–Crippen LogP) is 0.967. The minimum atomic E-state index is -2.64. The summed E-state index contributed by atoms with van der Waals surface area (Å²) in [5, 5.41) is 44.4. The third-order valence-corrected chi connectivity index (χ3v) is 5.39. The lowest BCUT2D eigenvalue weighted by atomic mass is 9.94. The fraction of sp³-hybridized carbons (Fsp3) is 0.708. The van der Waals surface area contributed by atoms with Crippen molar-refractivity contribution in [3.8, 4) is 0 Å². The van der Waals surface area contributed by atoms with E-state index in [1.165, 1.54) is 12.5 Å². The van der Waals surface area contributed by atoms with Crippen molar-refractivity contribution in [3.63, 3.8) is 0 Å². The Hall–Kier alpha value is -3.03. The van der Waals surface area contributed by atoms with Crippen molar-refractivity contribution in [2.75, 3.05) is 26.2 Å². The second-order valence-corrected chi connectivity index (χ2v) is 8.81. The Balaban J connectivity index is 4.32. The van der Waals surface area contributed by atoms with Gasteiger partial charge in [0.15, 0.2) is 5.60 Å². The van der Waals surface area contributed by atoms with Crippen LogP contribution >= 0.6 is 0 Å². The van der Waals surface area contributed by atoms with Gasteiger partial charge in [0.25, 0.3) is 5.91 Å². The number of hydrogen-bond donors (Lipinski definition) is 6. The van der Waals surface area contributed by atoms with E-state index in [0.717, 1.165) is 39.0 Å². The molecule has 212 valence electrons. The highest BCUT2D eigenvalue weighted by atomic mass is 16.5. The van der Waals surface area contributed by atoms with E-state index in [0.29, 0.717) is 10.1 Å². The lowest BCUT2D eigenvalue weighted by Gasteiger charge is -2.22. The Bertz CT molecular complexity index is 775. The molecule has 13 heteroatoms. The summed E-state index contributed by atoms with van der Waals surface area (Å²) in [5.74, 6) is -4.56. The van der Waals surface area contributed by atoms with Crippen molar-refractivity contribution in [2.24, 2.45) is 0 Å². The number of carbonyl (C=O) groups excluding carboxylic acids is 4. The predicted molar refractivity (Wildman–Crippen MR) is 132 cm³/mol. The smallest absolute Gasteiger partial charge is 0.336 e. The van der Waals surface area contributed by atoms with Crippen LogP contribution in [0.15, 0.2) is 12.2 Å². The molecule has 0 aromatic heterocycles. The van der Waals surface area contributed by atoms with Crippen LogP contribution in [0, 0.1) is 0 Å². The molecule has 0 aliphatic heterocycles. The lowest BCUT2D eigenvalue weighted by molar-refractivity contribution is -0.164. The number of hydroxylamine groups is 4. The molecule has 0 unspecified atom stereocenters. The second-order valence-electron chi connectivity index (χ2n) is 8.81. The van der Waals surface area contributed by atoms with E-state index in [2.05, 4.69) is 17.6 Å². The maximum absolute atomic E-state index is 12.1. The number of amides is 4.